The van der Waals surface area contributed by atoms with Crippen molar-refractivity contribution in [1.82, 2.24) is 9.80 Å². The molecular formula is C26H36N4O5S. The lowest BCUT2D eigenvalue weighted by Crippen LogP contribution is -2.38. The quantitative estimate of drug-likeness (QED) is 0.295. The summed E-state index contributed by atoms with van der Waals surface area (Å²) < 4.78 is 16.3. The Morgan fingerprint density at radius 3 is 2.94 bits per heavy atom. The molecule has 3 rings (SSSR count). The number of ether oxygens (including phenoxy) is 3. The molecule has 0 bridgehead atoms. The van der Waals surface area contributed by atoms with Crippen molar-refractivity contribution in [3.05, 3.63) is 36.9 Å². The molecule has 1 amide bonds. The van der Waals surface area contributed by atoms with Gasteiger partial charge in [0.1, 0.15) is 24.9 Å². The molecule has 1 N–H and O–H groups in total. The number of anilines is 1. The molecule has 196 valence electrons. The van der Waals surface area contributed by atoms with Gasteiger partial charge in [-0.05, 0) is 25.5 Å². The van der Waals surface area contributed by atoms with Crippen LogP contribution in [0.25, 0.3) is 0 Å². The van der Waals surface area contributed by atoms with E-state index in [4.69, 9.17) is 14.2 Å². The van der Waals surface area contributed by atoms with Gasteiger partial charge in [-0.2, -0.15) is 5.26 Å². The normalized spacial score (nSPS) is 21.0. The second-order valence-electron chi connectivity index (χ2n) is 8.59. The van der Waals surface area contributed by atoms with Gasteiger partial charge in [-0.15, -0.1) is 11.8 Å². The van der Waals surface area contributed by atoms with Crippen LogP contribution in [0.5, 0.6) is 5.75 Å². The third kappa shape index (κ3) is 8.15. The summed E-state index contributed by atoms with van der Waals surface area (Å²) in [4.78, 5) is 29.2. The fourth-order valence-electron chi connectivity index (χ4n) is 4.19. The highest BCUT2D eigenvalue weighted by atomic mass is 32.2. The van der Waals surface area contributed by atoms with Gasteiger partial charge in [0, 0.05) is 50.9 Å². The van der Waals surface area contributed by atoms with Gasteiger partial charge in [-0.1, -0.05) is 18.7 Å². The van der Waals surface area contributed by atoms with Crippen LogP contribution in [0.1, 0.15) is 19.8 Å². The van der Waals surface area contributed by atoms with Crippen LogP contribution in [0.15, 0.2) is 36.9 Å². The van der Waals surface area contributed by atoms with E-state index in [1.165, 1.54) is 17.8 Å². The fourth-order valence-corrected chi connectivity index (χ4v) is 5.78. The molecule has 2 aliphatic rings. The van der Waals surface area contributed by atoms with E-state index in [2.05, 4.69) is 16.8 Å². The first-order valence-electron chi connectivity index (χ1n) is 12.5. The number of rotatable bonds is 14. The Morgan fingerprint density at radius 2 is 2.22 bits per heavy atom. The highest BCUT2D eigenvalue weighted by molar-refractivity contribution is 8.01. The second kappa shape index (κ2) is 14.7. The summed E-state index contributed by atoms with van der Waals surface area (Å²) in [5.74, 6) is -0.626. The van der Waals surface area contributed by atoms with Gasteiger partial charge in [0.05, 0.1) is 29.9 Å². The van der Waals surface area contributed by atoms with E-state index in [9.17, 15) is 14.9 Å². The van der Waals surface area contributed by atoms with Crippen molar-refractivity contribution in [3.63, 3.8) is 0 Å². The van der Waals surface area contributed by atoms with E-state index in [1.807, 2.05) is 37.3 Å². The molecule has 10 heteroatoms. The number of hydrogen-bond acceptors (Lipinski definition) is 9. The maximum Gasteiger partial charge on any atom is 0.323 e. The van der Waals surface area contributed by atoms with Gasteiger partial charge in [-0.25, -0.2) is 0 Å². The van der Waals surface area contributed by atoms with Gasteiger partial charge < -0.3 is 24.4 Å². The predicted octanol–water partition coefficient (Wildman–Crippen LogP) is 2.75. The molecule has 2 saturated heterocycles. The van der Waals surface area contributed by atoms with Gasteiger partial charge >= 0.3 is 5.97 Å². The topological polar surface area (TPSA) is 104 Å². The standard InChI is InChI=1S/C26H36N4O5S/c1-3-13-35-26(32)20(19-27)17-24-30(4-2)25(31)23(36-24)8-9-28-21-6-5-7-22(18-21)34-16-12-29-10-14-33-15-11-29/h3,5-7,18,20,23-24,28H,1,4,8-17H2,2H3. The third-order valence-corrected chi connectivity index (χ3v) is 7.67. The smallest absolute Gasteiger partial charge is 0.323 e. The van der Waals surface area contributed by atoms with Gasteiger partial charge in [0.25, 0.3) is 0 Å². The highest BCUT2D eigenvalue weighted by Crippen LogP contribution is 2.37. The number of carbonyl (C=O) groups is 2. The SMILES string of the molecule is C=CCOC(=O)C(C#N)CC1SC(CCNc2cccc(OCCN3CCOCC3)c2)C(=O)N1CC. The Labute approximate surface area is 217 Å². The monoisotopic (exact) mass is 516 g/mol. The van der Waals surface area contributed by atoms with Crippen LogP contribution in [-0.2, 0) is 19.1 Å². The molecule has 1 aromatic rings. The summed E-state index contributed by atoms with van der Waals surface area (Å²) in [6, 6.07) is 9.86. The summed E-state index contributed by atoms with van der Waals surface area (Å²) >= 11 is 1.52. The Morgan fingerprint density at radius 1 is 1.42 bits per heavy atom. The lowest BCUT2D eigenvalue weighted by atomic mass is 10.1. The van der Waals surface area contributed by atoms with Crippen LogP contribution in [0.2, 0.25) is 0 Å². The lowest BCUT2D eigenvalue weighted by Gasteiger charge is -2.26. The molecule has 3 atom stereocenters. The first-order valence-corrected chi connectivity index (χ1v) is 13.4. The maximum absolute atomic E-state index is 12.9. The molecule has 9 nitrogen and oxygen atoms in total. The molecular weight excluding hydrogens is 480 g/mol. The van der Waals surface area contributed by atoms with Crippen LogP contribution >= 0.6 is 11.8 Å². The predicted molar refractivity (Wildman–Crippen MR) is 140 cm³/mol. The Bertz CT molecular complexity index is 918. The molecule has 2 fully saturated rings. The first-order chi connectivity index (χ1) is 17.5. The van der Waals surface area contributed by atoms with E-state index >= 15 is 0 Å². The van der Waals surface area contributed by atoms with E-state index in [0.29, 0.717) is 26.1 Å². The summed E-state index contributed by atoms with van der Waals surface area (Å²) in [5.41, 5.74) is 0.938. The molecule has 0 aliphatic carbocycles. The second-order valence-corrected chi connectivity index (χ2v) is 9.97. The molecule has 0 spiro atoms. The van der Waals surface area contributed by atoms with Crippen LogP contribution in [0.4, 0.5) is 5.69 Å². The van der Waals surface area contributed by atoms with Crippen molar-refractivity contribution in [1.29, 1.82) is 5.26 Å². The van der Waals surface area contributed by atoms with Crippen molar-refractivity contribution >= 4 is 29.3 Å². The van der Waals surface area contributed by atoms with Crippen molar-refractivity contribution in [3.8, 4) is 11.8 Å². The molecule has 2 aliphatic heterocycles. The molecule has 3 unspecified atom stereocenters. The van der Waals surface area contributed by atoms with E-state index in [1.54, 1.807) is 4.90 Å². The van der Waals surface area contributed by atoms with Crippen LogP contribution in [-0.4, -0.2) is 91.5 Å². The zero-order valence-electron chi connectivity index (χ0n) is 20.9. The van der Waals surface area contributed by atoms with Gasteiger partial charge in [0.15, 0.2) is 0 Å². The van der Waals surface area contributed by atoms with Crippen LogP contribution < -0.4 is 10.1 Å². The van der Waals surface area contributed by atoms with E-state index in [-0.39, 0.29) is 29.6 Å². The number of nitrogens with zero attached hydrogens (tertiary/aromatic N) is 3. The first kappa shape index (κ1) is 27.8. The zero-order chi connectivity index (χ0) is 25.8. The summed E-state index contributed by atoms with van der Waals surface area (Å²) in [6.07, 6.45) is 2.36. The van der Waals surface area contributed by atoms with Crippen molar-refractivity contribution in [2.45, 2.75) is 30.4 Å². The highest BCUT2D eigenvalue weighted by Gasteiger charge is 2.41. The minimum atomic E-state index is -0.910. The Balaban J connectivity index is 1.45. The minimum absolute atomic E-state index is 0.0469. The molecule has 1 aromatic carbocycles. The summed E-state index contributed by atoms with van der Waals surface area (Å²) in [7, 11) is 0. The maximum atomic E-state index is 12.9. The Kier molecular flexibility index (Phi) is 11.4. The van der Waals surface area contributed by atoms with Crippen molar-refractivity contribution < 1.29 is 23.8 Å². The number of amides is 1. The number of esters is 1. The summed E-state index contributed by atoms with van der Waals surface area (Å²) in [6.45, 7) is 11.6. The fraction of sp³-hybridized carbons (Fsp3) is 0.577. The van der Waals surface area contributed by atoms with Crippen molar-refractivity contribution in [2.24, 2.45) is 5.92 Å². The number of thioether (sulfide) groups is 1. The third-order valence-electron chi connectivity index (χ3n) is 6.14. The van der Waals surface area contributed by atoms with E-state index < -0.39 is 11.9 Å². The average Bonchev–Trinajstić information content (AvgIpc) is 3.20. The summed E-state index contributed by atoms with van der Waals surface area (Å²) in [5, 5.41) is 12.4. The molecule has 0 saturated carbocycles. The molecule has 0 aromatic heterocycles. The molecule has 2 heterocycles. The minimum Gasteiger partial charge on any atom is -0.492 e. The van der Waals surface area contributed by atoms with Crippen LogP contribution in [0.3, 0.4) is 0 Å². The number of benzene rings is 1. The van der Waals surface area contributed by atoms with Crippen LogP contribution in [0, 0.1) is 17.2 Å². The average molecular weight is 517 g/mol. The van der Waals surface area contributed by atoms with Crippen molar-refractivity contribution in [2.75, 3.05) is 64.5 Å². The van der Waals surface area contributed by atoms with Gasteiger partial charge in [0.2, 0.25) is 5.91 Å². The zero-order valence-corrected chi connectivity index (χ0v) is 21.7. The van der Waals surface area contributed by atoms with E-state index in [0.717, 1.165) is 44.3 Å². The number of carbonyl (C=O) groups excluding carboxylic acids is 2. The number of hydrogen-bond donors (Lipinski definition) is 1. The number of morpholine rings is 1. The number of nitrogens with one attached hydrogen (secondary N) is 1. The largest absolute Gasteiger partial charge is 0.492 e. The van der Waals surface area contributed by atoms with Gasteiger partial charge in [-0.3, -0.25) is 14.5 Å². The lowest BCUT2D eigenvalue weighted by molar-refractivity contribution is -0.146. The molecule has 0 radical (unpaired) electrons. The Hall–Kier alpha value is -2.74. The number of nitriles is 1. The molecule has 36 heavy (non-hydrogen) atoms.